The van der Waals surface area contributed by atoms with Crippen molar-refractivity contribution in [1.82, 2.24) is 18.9 Å². The smallest absolute Gasteiger partial charge is 0.419 e. The molecule has 5 aromatic rings. The second kappa shape index (κ2) is 14.5. The molecule has 0 bridgehead atoms. The van der Waals surface area contributed by atoms with Crippen molar-refractivity contribution in [3.63, 3.8) is 0 Å². The summed E-state index contributed by atoms with van der Waals surface area (Å²) < 4.78 is 42.9. The molecule has 0 aliphatic rings. The minimum atomic E-state index is -1.42. The Morgan fingerprint density at radius 1 is 1.06 bits per heavy atom. The minimum Gasteiger partial charge on any atom is -0.443 e. The van der Waals surface area contributed by atoms with Crippen LogP contribution >= 0.6 is 0 Å². The number of nitrogens with zero attached hydrogens (tertiary/aromatic N) is 4. The summed E-state index contributed by atoms with van der Waals surface area (Å²) in [5, 5.41) is 19.0. The molecule has 0 aliphatic carbocycles. The van der Waals surface area contributed by atoms with Gasteiger partial charge in [-0.2, -0.15) is 5.10 Å². The third kappa shape index (κ3) is 8.80. The molecule has 50 heavy (non-hydrogen) atoms. The average molecular weight is 706 g/mol. The van der Waals surface area contributed by atoms with Crippen molar-refractivity contribution in [2.75, 3.05) is 11.9 Å². The highest BCUT2D eigenvalue weighted by atomic mass is 28.3. The number of aromatic nitrogens is 4. The molecule has 0 fully saturated rings. The molecular formula is C36H41F2N5O6Si. The summed E-state index contributed by atoms with van der Waals surface area (Å²) >= 11 is 0. The molecule has 1 unspecified atom stereocenters. The molecule has 3 aromatic heterocycles. The van der Waals surface area contributed by atoms with Crippen molar-refractivity contribution >= 4 is 37.0 Å². The zero-order valence-corrected chi connectivity index (χ0v) is 29.9. The lowest BCUT2D eigenvalue weighted by molar-refractivity contribution is 0.0547. The fraction of sp³-hybridized carbons (Fsp3) is 0.333. The Kier molecular flexibility index (Phi) is 10.6. The number of rotatable bonds is 12. The number of aliphatic hydroxyl groups excluding tert-OH is 1. The normalized spacial score (nSPS) is 12.7. The van der Waals surface area contributed by atoms with Gasteiger partial charge in [0, 0.05) is 43.6 Å². The van der Waals surface area contributed by atoms with E-state index in [-0.39, 0.29) is 24.5 Å². The number of hydrogen-bond donors (Lipinski definition) is 2. The van der Waals surface area contributed by atoms with Crippen molar-refractivity contribution in [2.24, 2.45) is 0 Å². The molecule has 11 nitrogen and oxygen atoms in total. The van der Waals surface area contributed by atoms with Gasteiger partial charge in [0.1, 0.15) is 18.6 Å². The number of aliphatic hydroxyl groups is 1. The van der Waals surface area contributed by atoms with Crippen molar-refractivity contribution in [1.29, 1.82) is 0 Å². The second-order valence-corrected chi connectivity index (χ2v) is 19.9. The van der Waals surface area contributed by atoms with Gasteiger partial charge in [0.2, 0.25) is 0 Å². The van der Waals surface area contributed by atoms with Gasteiger partial charge < -0.3 is 19.9 Å². The molecule has 14 heteroatoms. The molecule has 2 N–H and O–H groups in total. The molecule has 0 amide bonds. The Bertz CT molecular complexity index is 2090. The van der Waals surface area contributed by atoms with E-state index in [9.17, 15) is 28.3 Å². The van der Waals surface area contributed by atoms with Gasteiger partial charge in [-0.05, 0) is 74.8 Å². The van der Waals surface area contributed by atoms with E-state index >= 15 is 0 Å². The lowest BCUT2D eigenvalue weighted by atomic mass is 10.1. The summed E-state index contributed by atoms with van der Waals surface area (Å²) in [4.78, 5) is 39.3. The number of pyridine rings is 1. The first-order valence-electron chi connectivity index (χ1n) is 16.1. The topological polar surface area (TPSA) is 130 Å². The SMILES string of the molecule is CC(C)(C)OC(=O)n1c(-c2cc(NC(O)c3cnn(Cc4ccc(F)c(F)c4)c3)cn(COCC[Si](C)(C)C)c2=O)cc2cc(C=O)ccc21. The minimum absolute atomic E-state index is 0.0873. The van der Waals surface area contributed by atoms with Crippen molar-refractivity contribution in [3.05, 3.63) is 106 Å². The zero-order valence-electron chi connectivity index (χ0n) is 28.9. The maximum atomic E-state index is 14.1. The molecule has 0 saturated carbocycles. The van der Waals surface area contributed by atoms with Gasteiger partial charge in [-0.15, -0.1) is 0 Å². The predicted octanol–water partition coefficient (Wildman–Crippen LogP) is 7.00. The van der Waals surface area contributed by atoms with Crippen molar-refractivity contribution in [2.45, 2.75) is 71.6 Å². The van der Waals surface area contributed by atoms with Crippen LogP contribution in [0.2, 0.25) is 25.7 Å². The molecule has 5 rings (SSSR count). The number of hydrogen-bond acceptors (Lipinski definition) is 8. The van der Waals surface area contributed by atoms with Gasteiger partial charge in [-0.1, -0.05) is 25.7 Å². The molecule has 2 aromatic carbocycles. The summed E-state index contributed by atoms with van der Waals surface area (Å²) in [5.74, 6) is -1.92. The Morgan fingerprint density at radius 3 is 2.50 bits per heavy atom. The van der Waals surface area contributed by atoms with Gasteiger partial charge in [0.15, 0.2) is 17.9 Å². The van der Waals surface area contributed by atoms with Crippen LogP contribution in [-0.4, -0.2) is 56.7 Å². The van der Waals surface area contributed by atoms with Crippen LogP contribution in [0.25, 0.3) is 22.2 Å². The van der Waals surface area contributed by atoms with Crippen LogP contribution in [0, 0.1) is 11.6 Å². The Labute approximate surface area is 289 Å². The summed E-state index contributed by atoms with van der Waals surface area (Å²) in [6, 6.07) is 12.4. The Balaban J connectivity index is 1.54. The summed E-state index contributed by atoms with van der Waals surface area (Å²) in [6.45, 7) is 12.4. The molecule has 3 heterocycles. The second-order valence-electron chi connectivity index (χ2n) is 14.3. The number of halogens is 2. The number of nitrogens with one attached hydrogen (secondary N) is 1. The van der Waals surface area contributed by atoms with Crippen LogP contribution in [-0.2, 0) is 22.7 Å². The zero-order chi connectivity index (χ0) is 36.4. The lowest BCUT2D eigenvalue weighted by Crippen LogP contribution is -2.29. The fourth-order valence-corrected chi connectivity index (χ4v) is 5.98. The van der Waals surface area contributed by atoms with Crippen LogP contribution in [0.15, 0.2) is 71.9 Å². The highest BCUT2D eigenvalue weighted by Gasteiger charge is 2.25. The third-order valence-electron chi connectivity index (χ3n) is 7.73. The molecule has 0 aliphatic heterocycles. The monoisotopic (exact) mass is 705 g/mol. The number of fused-ring (bicyclic) bond motifs is 1. The standard InChI is InChI=1S/C36H41F2N5O6Si/c1-36(2,3)49-35(47)43-31-10-8-24(21-44)13-25(31)15-32(43)28-16-27(20-41(34(28)46)22-48-11-12-50(4,5)6)40-33(45)26-17-39-42(19-26)18-23-7-9-29(37)30(38)14-23/h7-10,13-17,19-21,33,40,45H,11-12,18,22H2,1-6H3. The molecule has 0 radical (unpaired) electrons. The molecule has 0 saturated heterocycles. The Morgan fingerprint density at radius 2 is 1.82 bits per heavy atom. The Hall–Kier alpha value is -4.92. The average Bonchev–Trinajstić information content (AvgIpc) is 3.65. The first-order valence-corrected chi connectivity index (χ1v) is 19.8. The van der Waals surface area contributed by atoms with Crippen LogP contribution < -0.4 is 10.9 Å². The van der Waals surface area contributed by atoms with Gasteiger partial charge in [-0.25, -0.2) is 18.1 Å². The maximum absolute atomic E-state index is 14.1. The van der Waals surface area contributed by atoms with E-state index in [0.29, 0.717) is 46.2 Å². The molecule has 264 valence electrons. The van der Waals surface area contributed by atoms with Crippen LogP contribution in [0.3, 0.4) is 0 Å². The first kappa shape index (κ1) is 36.4. The summed E-state index contributed by atoms with van der Waals surface area (Å²) in [7, 11) is -1.42. The number of anilines is 1. The third-order valence-corrected chi connectivity index (χ3v) is 9.43. The molecule has 1 atom stereocenters. The summed E-state index contributed by atoms with van der Waals surface area (Å²) in [5.41, 5.74) is 1.02. The number of ether oxygens (including phenoxy) is 2. The number of carbonyl (C=O) groups excluding carboxylic acids is 2. The van der Waals surface area contributed by atoms with E-state index in [4.69, 9.17) is 9.47 Å². The highest BCUT2D eigenvalue weighted by Crippen LogP contribution is 2.30. The van der Waals surface area contributed by atoms with E-state index in [1.165, 1.54) is 38.3 Å². The predicted molar refractivity (Wildman–Crippen MR) is 189 cm³/mol. The molecular weight excluding hydrogens is 665 g/mol. The van der Waals surface area contributed by atoms with Crippen LogP contribution in [0.4, 0.5) is 19.3 Å². The maximum Gasteiger partial charge on any atom is 0.419 e. The summed E-state index contributed by atoms with van der Waals surface area (Å²) in [6.07, 6.45) is 3.18. The van der Waals surface area contributed by atoms with Gasteiger partial charge >= 0.3 is 6.09 Å². The van der Waals surface area contributed by atoms with E-state index < -0.39 is 43.2 Å². The van der Waals surface area contributed by atoms with Crippen molar-refractivity contribution < 1.29 is 33.0 Å². The van der Waals surface area contributed by atoms with E-state index in [1.54, 1.807) is 51.2 Å². The first-order chi connectivity index (χ1) is 23.5. The van der Waals surface area contributed by atoms with E-state index in [1.807, 2.05) is 0 Å². The number of aldehydes is 1. The van der Waals surface area contributed by atoms with Gasteiger partial charge in [0.25, 0.3) is 5.56 Å². The lowest BCUT2D eigenvalue weighted by Gasteiger charge is -2.21. The van der Waals surface area contributed by atoms with Crippen LogP contribution in [0.1, 0.15) is 48.5 Å². The van der Waals surface area contributed by atoms with Gasteiger partial charge in [-0.3, -0.25) is 18.8 Å². The number of benzene rings is 2. The van der Waals surface area contributed by atoms with Crippen LogP contribution in [0.5, 0.6) is 0 Å². The largest absolute Gasteiger partial charge is 0.443 e. The highest BCUT2D eigenvalue weighted by molar-refractivity contribution is 6.76. The fourth-order valence-electron chi connectivity index (χ4n) is 5.22. The number of carbonyl (C=O) groups is 2. The quantitative estimate of drug-likeness (QED) is 0.0615. The van der Waals surface area contributed by atoms with E-state index in [2.05, 4.69) is 30.1 Å². The van der Waals surface area contributed by atoms with E-state index in [0.717, 1.165) is 18.2 Å². The van der Waals surface area contributed by atoms with Gasteiger partial charge in [0.05, 0.1) is 35.2 Å². The molecule has 0 spiro atoms. The van der Waals surface area contributed by atoms with Crippen molar-refractivity contribution in [3.8, 4) is 11.3 Å².